The van der Waals surface area contributed by atoms with Crippen LogP contribution in [0.25, 0.3) is 0 Å². The number of likely N-dealkylation sites (N-methyl/N-ethyl adjacent to an activating group) is 1. The highest BCUT2D eigenvalue weighted by atomic mass is 16.2. The van der Waals surface area contributed by atoms with Crippen LogP contribution in [-0.4, -0.2) is 90.3 Å². The minimum absolute atomic E-state index is 0.00665. The van der Waals surface area contributed by atoms with E-state index in [1.807, 2.05) is 23.1 Å². The topological polar surface area (TPSA) is 76.2 Å². The molecule has 2 aromatic carbocycles. The van der Waals surface area contributed by atoms with E-state index in [0.29, 0.717) is 24.4 Å². The molecule has 39 heavy (non-hydrogen) atoms. The number of hydrogen-bond acceptors (Lipinski definition) is 4. The number of nitrogens with zero attached hydrogens (tertiary/aromatic N) is 4. The van der Waals surface area contributed by atoms with Crippen LogP contribution in [0.15, 0.2) is 65.9 Å². The Hall–Kier alpha value is -3.65. The van der Waals surface area contributed by atoms with E-state index in [1.165, 1.54) is 16.0 Å². The molecule has 5 rings (SSSR count). The molecule has 1 saturated heterocycles. The molecule has 3 aliphatic rings. The summed E-state index contributed by atoms with van der Waals surface area (Å²) < 4.78 is 0. The Morgan fingerprint density at radius 3 is 2.26 bits per heavy atom. The van der Waals surface area contributed by atoms with E-state index < -0.39 is 6.04 Å². The average molecular weight is 530 g/mol. The third kappa shape index (κ3) is 5.71. The molecule has 0 radical (unpaired) electrons. The van der Waals surface area contributed by atoms with Gasteiger partial charge >= 0.3 is 6.03 Å². The second-order valence-corrected chi connectivity index (χ2v) is 11.8. The Bertz CT molecular complexity index is 1260. The first kappa shape index (κ1) is 26.9. The highest BCUT2D eigenvalue weighted by molar-refractivity contribution is 6.02. The first-order chi connectivity index (χ1) is 18.6. The first-order valence-electron chi connectivity index (χ1n) is 13.8. The third-order valence-electron chi connectivity index (χ3n) is 8.16. The lowest BCUT2D eigenvalue weighted by atomic mass is 9.85. The maximum Gasteiger partial charge on any atom is 0.322 e. The number of benzene rings is 2. The van der Waals surface area contributed by atoms with Gasteiger partial charge in [0, 0.05) is 39.8 Å². The van der Waals surface area contributed by atoms with Crippen molar-refractivity contribution in [2.75, 3.05) is 52.9 Å². The van der Waals surface area contributed by atoms with Crippen LogP contribution in [0.4, 0.5) is 4.79 Å². The molecule has 0 saturated carbocycles. The molecule has 0 aromatic heterocycles. The van der Waals surface area contributed by atoms with Crippen LogP contribution in [0.1, 0.15) is 43.5 Å². The predicted octanol–water partition coefficient (Wildman–Crippen LogP) is 3.16. The Morgan fingerprint density at radius 2 is 1.62 bits per heavy atom. The Morgan fingerprint density at radius 1 is 0.949 bits per heavy atom. The minimum Gasteiger partial charge on any atom is -0.339 e. The quantitative estimate of drug-likeness (QED) is 0.624. The van der Waals surface area contributed by atoms with Crippen molar-refractivity contribution < 1.29 is 14.4 Å². The Labute approximate surface area is 231 Å². The van der Waals surface area contributed by atoms with Crippen LogP contribution in [0.5, 0.6) is 0 Å². The maximum absolute atomic E-state index is 13.6. The van der Waals surface area contributed by atoms with Gasteiger partial charge in [-0.2, -0.15) is 0 Å². The molecule has 3 aliphatic heterocycles. The van der Waals surface area contributed by atoms with Gasteiger partial charge in [0.15, 0.2) is 0 Å². The van der Waals surface area contributed by atoms with E-state index in [1.54, 1.807) is 11.9 Å². The van der Waals surface area contributed by atoms with E-state index in [-0.39, 0.29) is 36.3 Å². The van der Waals surface area contributed by atoms with Gasteiger partial charge in [-0.05, 0) is 28.5 Å². The van der Waals surface area contributed by atoms with Crippen LogP contribution in [0.2, 0.25) is 0 Å². The van der Waals surface area contributed by atoms with Gasteiger partial charge in [-0.15, -0.1) is 0 Å². The van der Waals surface area contributed by atoms with Gasteiger partial charge in [0.05, 0.1) is 23.9 Å². The predicted molar refractivity (Wildman–Crippen MR) is 151 cm³/mol. The van der Waals surface area contributed by atoms with E-state index in [0.717, 1.165) is 31.6 Å². The smallest absolute Gasteiger partial charge is 0.322 e. The largest absolute Gasteiger partial charge is 0.339 e. The van der Waals surface area contributed by atoms with Crippen molar-refractivity contribution in [2.45, 2.75) is 38.6 Å². The van der Waals surface area contributed by atoms with E-state index in [2.05, 4.69) is 67.4 Å². The Balaban J connectivity index is 1.21. The number of carbonyl (C=O) groups excluding carboxylic acids is 3. The highest BCUT2D eigenvalue weighted by Crippen LogP contribution is 2.36. The molecule has 1 atom stereocenters. The molecular formula is C31H39N5O3. The molecule has 1 N–H and O–H groups in total. The summed E-state index contributed by atoms with van der Waals surface area (Å²) in [6.07, 6.45) is 0.995. The monoisotopic (exact) mass is 529 g/mol. The summed E-state index contributed by atoms with van der Waals surface area (Å²) in [7, 11) is 1.68. The molecule has 0 unspecified atom stereocenters. The second-order valence-electron chi connectivity index (χ2n) is 11.8. The molecular weight excluding hydrogens is 490 g/mol. The van der Waals surface area contributed by atoms with Gasteiger partial charge < -0.3 is 15.1 Å². The SMILES string of the molecule is CN1C(=O)N[C@@H](c2ccc(C(C)(C)C)cc2)C2=C1CN(CC(=O)N1CCN(CCc3ccccc3)CC1)C2=O. The van der Waals surface area contributed by atoms with Crippen molar-refractivity contribution in [1.29, 1.82) is 0 Å². The highest BCUT2D eigenvalue weighted by Gasteiger charge is 2.43. The van der Waals surface area contributed by atoms with Crippen molar-refractivity contribution in [3.8, 4) is 0 Å². The van der Waals surface area contributed by atoms with Crippen molar-refractivity contribution in [1.82, 2.24) is 24.9 Å². The fourth-order valence-corrected chi connectivity index (χ4v) is 5.59. The van der Waals surface area contributed by atoms with E-state index in [4.69, 9.17) is 0 Å². The molecule has 0 bridgehead atoms. The normalized spacial score (nSPS) is 20.4. The van der Waals surface area contributed by atoms with Gasteiger partial charge in [-0.1, -0.05) is 75.4 Å². The summed E-state index contributed by atoms with van der Waals surface area (Å²) in [6, 6.07) is 17.8. The second kappa shape index (κ2) is 10.8. The number of piperazine rings is 1. The molecule has 1 fully saturated rings. The zero-order chi connectivity index (χ0) is 27.7. The first-order valence-corrected chi connectivity index (χ1v) is 13.8. The molecule has 8 nitrogen and oxygen atoms in total. The number of urea groups is 1. The molecule has 8 heteroatoms. The number of nitrogens with one attached hydrogen (secondary N) is 1. The average Bonchev–Trinajstić information content (AvgIpc) is 3.26. The van der Waals surface area contributed by atoms with E-state index >= 15 is 0 Å². The summed E-state index contributed by atoms with van der Waals surface area (Å²) >= 11 is 0. The van der Waals surface area contributed by atoms with Gasteiger partial charge in [-0.25, -0.2) is 4.79 Å². The van der Waals surface area contributed by atoms with Gasteiger partial charge in [-0.3, -0.25) is 19.4 Å². The summed E-state index contributed by atoms with van der Waals surface area (Å²) in [5.74, 6) is -0.226. The summed E-state index contributed by atoms with van der Waals surface area (Å²) in [6.45, 7) is 10.7. The Kier molecular flexibility index (Phi) is 7.49. The minimum atomic E-state index is -0.529. The fraction of sp³-hybridized carbons (Fsp3) is 0.452. The molecule has 0 spiro atoms. The molecule has 3 heterocycles. The summed E-state index contributed by atoms with van der Waals surface area (Å²) in [5.41, 5.74) is 4.61. The van der Waals surface area contributed by atoms with E-state index in [9.17, 15) is 14.4 Å². The number of carbonyl (C=O) groups is 3. The number of amides is 4. The number of rotatable bonds is 6. The zero-order valence-corrected chi connectivity index (χ0v) is 23.4. The van der Waals surface area contributed by atoms with Crippen molar-refractivity contribution in [3.63, 3.8) is 0 Å². The van der Waals surface area contributed by atoms with Gasteiger partial charge in [0.25, 0.3) is 5.91 Å². The zero-order valence-electron chi connectivity index (χ0n) is 23.4. The van der Waals surface area contributed by atoms with Crippen LogP contribution >= 0.6 is 0 Å². The third-order valence-corrected chi connectivity index (χ3v) is 8.16. The van der Waals surface area contributed by atoms with Crippen LogP contribution in [0.3, 0.4) is 0 Å². The standard InChI is InChI=1S/C31H39N5O3/c1-31(2,3)24-12-10-23(11-13-24)28-27-25(33(4)30(39)32-28)20-36(29(27)38)21-26(37)35-18-16-34(17-19-35)15-14-22-8-6-5-7-9-22/h5-13,28H,14-21H2,1-4H3,(H,32,39)/t28-/m0/s1. The van der Waals surface area contributed by atoms with Crippen molar-refractivity contribution >= 4 is 17.8 Å². The summed E-state index contributed by atoms with van der Waals surface area (Å²) in [4.78, 5) is 46.9. The van der Waals surface area contributed by atoms with Crippen LogP contribution in [-0.2, 0) is 21.4 Å². The lowest BCUT2D eigenvalue weighted by molar-refractivity contribution is -0.138. The van der Waals surface area contributed by atoms with Gasteiger partial charge in [0.1, 0.15) is 6.54 Å². The van der Waals surface area contributed by atoms with Crippen LogP contribution < -0.4 is 5.32 Å². The fourth-order valence-electron chi connectivity index (χ4n) is 5.59. The van der Waals surface area contributed by atoms with Gasteiger partial charge in [0.2, 0.25) is 5.91 Å². The number of hydrogen-bond donors (Lipinski definition) is 1. The lowest BCUT2D eigenvalue weighted by Gasteiger charge is -2.35. The molecule has 4 amide bonds. The molecule has 206 valence electrons. The van der Waals surface area contributed by atoms with Crippen molar-refractivity contribution in [3.05, 3.63) is 82.6 Å². The molecule has 2 aromatic rings. The lowest BCUT2D eigenvalue weighted by Crippen LogP contribution is -2.51. The van der Waals surface area contributed by atoms with Crippen LogP contribution in [0, 0.1) is 0 Å². The van der Waals surface area contributed by atoms with Crippen molar-refractivity contribution in [2.24, 2.45) is 0 Å². The summed E-state index contributed by atoms with van der Waals surface area (Å²) in [5, 5.41) is 2.99. The maximum atomic E-state index is 13.6. The molecule has 0 aliphatic carbocycles.